The molecule has 10 heteroatoms. The van der Waals surface area contributed by atoms with Crippen LogP contribution in [0.3, 0.4) is 0 Å². The summed E-state index contributed by atoms with van der Waals surface area (Å²) in [4.78, 5) is 41.6. The minimum atomic E-state index is -1.05. The molecular formula is C15H17N5O4S. The Balaban J connectivity index is 1.45. The number of nitrogens with one attached hydrogen (secondary N) is 1. The number of amides is 2. The molecule has 9 nitrogen and oxygen atoms in total. The van der Waals surface area contributed by atoms with Gasteiger partial charge >= 0.3 is 5.97 Å². The SMILES string of the molecule is O=C(O)Cn1cnc(NC(=O)CCC(=O)N2CCc3sccc3C2)n1. The van der Waals surface area contributed by atoms with E-state index in [0.717, 1.165) is 11.1 Å². The molecule has 2 N–H and O–H groups in total. The predicted octanol–water partition coefficient (Wildman–Crippen LogP) is 0.728. The molecule has 0 spiro atoms. The molecular weight excluding hydrogens is 346 g/mol. The summed E-state index contributed by atoms with van der Waals surface area (Å²) in [6.07, 6.45) is 2.22. The van der Waals surface area contributed by atoms with Gasteiger partial charge in [0.05, 0.1) is 0 Å². The van der Waals surface area contributed by atoms with E-state index in [0.29, 0.717) is 13.1 Å². The van der Waals surface area contributed by atoms with Crippen molar-refractivity contribution >= 4 is 35.1 Å². The van der Waals surface area contributed by atoms with Crippen LogP contribution in [0.15, 0.2) is 17.8 Å². The second kappa shape index (κ2) is 7.43. The molecule has 3 rings (SSSR count). The Bertz CT molecular complexity index is 799. The largest absolute Gasteiger partial charge is 0.480 e. The number of carbonyl (C=O) groups is 3. The first kappa shape index (κ1) is 17.1. The molecule has 25 heavy (non-hydrogen) atoms. The van der Waals surface area contributed by atoms with Crippen LogP contribution in [0, 0.1) is 0 Å². The quantitative estimate of drug-likeness (QED) is 0.781. The zero-order valence-corrected chi connectivity index (χ0v) is 14.2. The highest BCUT2D eigenvalue weighted by Gasteiger charge is 2.22. The highest BCUT2D eigenvalue weighted by Crippen LogP contribution is 2.24. The number of aliphatic carboxylic acids is 1. The maximum atomic E-state index is 12.3. The Morgan fingerprint density at radius 2 is 2.16 bits per heavy atom. The van der Waals surface area contributed by atoms with Crippen molar-refractivity contribution in [2.75, 3.05) is 11.9 Å². The third kappa shape index (κ3) is 4.41. The zero-order chi connectivity index (χ0) is 17.8. The smallest absolute Gasteiger partial charge is 0.325 e. The van der Waals surface area contributed by atoms with Gasteiger partial charge in [-0.15, -0.1) is 16.4 Å². The molecule has 0 aromatic carbocycles. The van der Waals surface area contributed by atoms with Gasteiger partial charge in [-0.05, 0) is 23.4 Å². The topological polar surface area (TPSA) is 117 Å². The molecule has 0 radical (unpaired) electrons. The van der Waals surface area contributed by atoms with E-state index in [9.17, 15) is 14.4 Å². The van der Waals surface area contributed by atoms with Gasteiger partial charge in [-0.3, -0.25) is 19.7 Å². The van der Waals surface area contributed by atoms with Gasteiger partial charge in [-0.1, -0.05) is 0 Å². The fourth-order valence-corrected chi connectivity index (χ4v) is 3.48. The first-order chi connectivity index (χ1) is 12.0. The number of rotatable bonds is 6. The number of thiophene rings is 1. The van der Waals surface area contributed by atoms with Crippen molar-refractivity contribution in [3.05, 3.63) is 28.2 Å². The number of fused-ring (bicyclic) bond motifs is 1. The van der Waals surface area contributed by atoms with Gasteiger partial charge in [0, 0.05) is 30.8 Å². The molecule has 0 fully saturated rings. The van der Waals surface area contributed by atoms with E-state index < -0.39 is 5.97 Å². The average Bonchev–Trinajstić information content (AvgIpc) is 3.20. The lowest BCUT2D eigenvalue weighted by Crippen LogP contribution is -2.35. The Kier molecular flexibility index (Phi) is 5.08. The van der Waals surface area contributed by atoms with Gasteiger partial charge in [0.2, 0.25) is 17.8 Å². The second-order valence-corrected chi connectivity index (χ2v) is 6.64. The summed E-state index contributed by atoms with van der Waals surface area (Å²) in [6.45, 7) is 0.941. The Morgan fingerprint density at radius 3 is 2.96 bits per heavy atom. The van der Waals surface area contributed by atoms with Crippen molar-refractivity contribution in [1.29, 1.82) is 0 Å². The molecule has 1 aliphatic heterocycles. The van der Waals surface area contributed by atoms with Gasteiger partial charge in [0.15, 0.2) is 0 Å². The van der Waals surface area contributed by atoms with E-state index in [1.165, 1.54) is 16.8 Å². The molecule has 2 amide bonds. The number of anilines is 1. The van der Waals surface area contributed by atoms with Gasteiger partial charge in [0.1, 0.15) is 12.9 Å². The summed E-state index contributed by atoms with van der Waals surface area (Å²) < 4.78 is 1.11. The van der Waals surface area contributed by atoms with Gasteiger partial charge in [0.25, 0.3) is 0 Å². The van der Waals surface area contributed by atoms with Crippen LogP contribution in [0.5, 0.6) is 0 Å². The molecule has 1 aliphatic rings. The number of carboxylic acids is 1. The van der Waals surface area contributed by atoms with Crippen LogP contribution in [0.4, 0.5) is 5.95 Å². The Morgan fingerprint density at radius 1 is 1.32 bits per heavy atom. The summed E-state index contributed by atoms with van der Waals surface area (Å²) in [5.41, 5.74) is 1.18. The number of hydrogen-bond acceptors (Lipinski definition) is 6. The van der Waals surface area contributed by atoms with Crippen molar-refractivity contribution in [2.45, 2.75) is 32.4 Å². The van der Waals surface area contributed by atoms with E-state index >= 15 is 0 Å². The molecule has 0 saturated heterocycles. The minimum absolute atomic E-state index is 0.0271. The van der Waals surface area contributed by atoms with Crippen LogP contribution >= 0.6 is 11.3 Å². The predicted molar refractivity (Wildman–Crippen MR) is 89.0 cm³/mol. The fourth-order valence-electron chi connectivity index (χ4n) is 2.59. The number of aromatic nitrogens is 3. The second-order valence-electron chi connectivity index (χ2n) is 5.64. The standard InChI is InChI=1S/C15H17N5O4S/c21-12(17-15-16-9-20(18-15)8-14(23)24)1-2-13(22)19-5-3-11-10(7-19)4-6-25-11/h4,6,9H,1-3,5,7-8H2,(H,23,24)(H,17,18,21). The summed E-state index contributed by atoms with van der Waals surface area (Å²) in [7, 11) is 0. The van der Waals surface area contributed by atoms with Crippen molar-refractivity contribution in [2.24, 2.45) is 0 Å². The molecule has 132 valence electrons. The van der Waals surface area contributed by atoms with Gasteiger partial charge in [-0.2, -0.15) is 0 Å². The Hall–Kier alpha value is -2.75. The van der Waals surface area contributed by atoms with Gasteiger partial charge in [-0.25, -0.2) is 9.67 Å². The molecule has 0 unspecified atom stereocenters. The van der Waals surface area contributed by atoms with Crippen LogP contribution < -0.4 is 5.32 Å². The zero-order valence-electron chi connectivity index (χ0n) is 13.3. The molecule has 0 bridgehead atoms. The molecule has 2 aromatic heterocycles. The molecule has 0 aliphatic carbocycles. The molecule has 3 heterocycles. The van der Waals surface area contributed by atoms with Crippen LogP contribution in [0.25, 0.3) is 0 Å². The normalized spacial score (nSPS) is 13.4. The summed E-state index contributed by atoms with van der Waals surface area (Å²) in [6, 6.07) is 2.03. The van der Waals surface area contributed by atoms with Crippen LogP contribution in [0.2, 0.25) is 0 Å². The number of hydrogen-bond donors (Lipinski definition) is 2. The fraction of sp³-hybridized carbons (Fsp3) is 0.400. The highest BCUT2D eigenvalue weighted by atomic mass is 32.1. The van der Waals surface area contributed by atoms with Crippen molar-refractivity contribution in [3.63, 3.8) is 0 Å². The van der Waals surface area contributed by atoms with Gasteiger partial charge < -0.3 is 10.0 Å². The first-order valence-corrected chi connectivity index (χ1v) is 8.63. The lowest BCUT2D eigenvalue weighted by molar-refractivity contribution is -0.138. The third-order valence-corrected chi connectivity index (χ3v) is 4.83. The lowest BCUT2D eigenvalue weighted by Gasteiger charge is -2.27. The van der Waals surface area contributed by atoms with Crippen LogP contribution in [0.1, 0.15) is 23.3 Å². The summed E-state index contributed by atoms with van der Waals surface area (Å²) >= 11 is 1.71. The van der Waals surface area contributed by atoms with E-state index in [2.05, 4.69) is 15.4 Å². The first-order valence-electron chi connectivity index (χ1n) is 7.75. The van der Waals surface area contributed by atoms with Crippen molar-refractivity contribution in [3.8, 4) is 0 Å². The van der Waals surface area contributed by atoms with E-state index in [-0.39, 0.29) is 37.1 Å². The minimum Gasteiger partial charge on any atom is -0.480 e. The maximum Gasteiger partial charge on any atom is 0.325 e. The highest BCUT2D eigenvalue weighted by molar-refractivity contribution is 7.10. The average molecular weight is 363 g/mol. The number of nitrogens with zero attached hydrogens (tertiary/aromatic N) is 4. The monoisotopic (exact) mass is 363 g/mol. The number of carbonyl (C=O) groups excluding carboxylic acids is 2. The third-order valence-electron chi connectivity index (χ3n) is 3.81. The number of carboxylic acid groups (broad SMARTS) is 1. The van der Waals surface area contributed by atoms with Crippen LogP contribution in [-0.4, -0.2) is 49.1 Å². The molecule has 0 atom stereocenters. The van der Waals surface area contributed by atoms with Crippen LogP contribution in [-0.2, 0) is 33.9 Å². The molecule has 2 aromatic rings. The van der Waals surface area contributed by atoms with E-state index in [1.54, 1.807) is 16.2 Å². The Labute approximate surface area is 147 Å². The molecule has 0 saturated carbocycles. The summed E-state index contributed by atoms with van der Waals surface area (Å²) in [5, 5.41) is 17.0. The van der Waals surface area contributed by atoms with Crippen molar-refractivity contribution in [1.82, 2.24) is 19.7 Å². The maximum absolute atomic E-state index is 12.3. The summed E-state index contributed by atoms with van der Waals surface area (Å²) in [5.74, 6) is -1.46. The lowest BCUT2D eigenvalue weighted by atomic mass is 10.1. The van der Waals surface area contributed by atoms with Crippen molar-refractivity contribution < 1.29 is 19.5 Å². The van der Waals surface area contributed by atoms with E-state index in [1.807, 2.05) is 11.4 Å². The van der Waals surface area contributed by atoms with E-state index in [4.69, 9.17) is 5.11 Å².